The van der Waals surface area contributed by atoms with Crippen LogP contribution in [-0.2, 0) is 0 Å². The van der Waals surface area contributed by atoms with Gasteiger partial charge in [0.05, 0.1) is 31.6 Å². The lowest BCUT2D eigenvalue weighted by Gasteiger charge is -2.32. The Labute approximate surface area is 194 Å². The highest BCUT2D eigenvalue weighted by molar-refractivity contribution is 5.71. The number of ether oxygens (including phenoxy) is 3. The molecule has 2 saturated carbocycles. The number of rotatable bonds is 8. The van der Waals surface area contributed by atoms with E-state index in [0.717, 1.165) is 42.1 Å². The van der Waals surface area contributed by atoms with Gasteiger partial charge in [-0.1, -0.05) is 25.3 Å². The molecular weight excluding hydrogens is 416 g/mol. The standard InChI is InChI=1S/C26H30N4O3/c1-31-22-12-18(21-15-29-24-6-3-7-25(32-2)30(21)24)13-23(20(22)14-27)33-16-26(28)10-4-5-19(26)11-17-8-9-17/h3,6-7,12-13,15,17,19H,4-5,8-11,16,28H2,1-2H3/t19-,26-/m1/s1. The molecule has 0 radical (unpaired) electrons. The molecule has 2 aromatic heterocycles. The van der Waals surface area contributed by atoms with Crippen LogP contribution in [0.1, 0.15) is 44.1 Å². The molecule has 0 bridgehead atoms. The molecule has 3 aromatic rings. The van der Waals surface area contributed by atoms with Crippen LogP contribution in [0.2, 0.25) is 0 Å². The fourth-order valence-electron chi connectivity index (χ4n) is 5.17. The number of pyridine rings is 1. The van der Waals surface area contributed by atoms with Crippen LogP contribution in [0.4, 0.5) is 0 Å². The lowest BCUT2D eigenvalue weighted by atomic mass is 9.85. The molecule has 0 saturated heterocycles. The smallest absolute Gasteiger partial charge is 0.199 e. The summed E-state index contributed by atoms with van der Waals surface area (Å²) >= 11 is 0. The van der Waals surface area contributed by atoms with E-state index in [2.05, 4.69) is 11.1 Å². The largest absolute Gasteiger partial charge is 0.495 e. The van der Waals surface area contributed by atoms with Gasteiger partial charge in [0.2, 0.25) is 0 Å². The number of aromatic nitrogens is 2. The van der Waals surface area contributed by atoms with Crippen LogP contribution in [-0.4, -0.2) is 35.8 Å². The Hall–Kier alpha value is -3.24. The van der Waals surface area contributed by atoms with E-state index in [0.29, 0.717) is 35.5 Å². The van der Waals surface area contributed by atoms with E-state index in [1.54, 1.807) is 20.4 Å². The zero-order chi connectivity index (χ0) is 23.0. The molecule has 0 spiro atoms. The van der Waals surface area contributed by atoms with Crippen LogP contribution >= 0.6 is 0 Å². The summed E-state index contributed by atoms with van der Waals surface area (Å²) in [5.74, 6) is 2.92. The molecule has 0 aliphatic heterocycles. The van der Waals surface area contributed by atoms with Gasteiger partial charge in [0.15, 0.2) is 5.88 Å². The quantitative estimate of drug-likeness (QED) is 0.545. The summed E-state index contributed by atoms with van der Waals surface area (Å²) in [6, 6.07) is 11.7. The molecule has 2 aliphatic rings. The minimum Gasteiger partial charge on any atom is -0.495 e. The van der Waals surface area contributed by atoms with Crippen molar-refractivity contribution in [1.82, 2.24) is 9.38 Å². The van der Waals surface area contributed by atoms with Gasteiger partial charge in [-0.25, -0.2) is 4.98 Å². The fourth-order valence-corrected chi connectivity index (χ4v) is 5.17. The summed E-state index contributed by atoms with van der Waals surface area (Å²) in [4.78, 5) is 4.51. The van der Waals surface area contributed by atoms with Gasteiger partial charge >= 0.3 is 0 Å². The predicted octanol–water partition coefficient (Wildman–Crippen LogP) is 4.57. The van der Waals surface area contributed by atoms with Gasteiger partial charge in [-0.05, 0) is 55.4 Å². The maximum atomic E-state index is 9.86. The second-order valence-corrected chi connectivity index (χ2v) is 9.36. The second kappa shape index (κ2) is 8.60. The summed E-state index contributed by atoms with van der Waals surface area (Å²) < 4.78 is 19.4. The Morgan fingerprint density at radius 2 is 2.00 bits per heavy atom. The van der Waals surface area contributed by atoms with Gasteiger partial charge in [-0.3, -0.25) is 4.40 Å². The van der Waals surface area contributed by atoms with Gasteiger partial charge in [0.25, 0.3) is 0 Å². The molecule has 0 amide bonds. The average molecular weight is 447 g/mol. The van der Waals surface area contributed by atoms with Crippen LogP contribution in [0.15, 0.2) is 36.5 Å². The number of nitrogens with two attached hydrogens (primary N) is 1. The first-order valence-corrected chi connectivity index (χ1v) is 11.6. The zero-order valence-corrected chi connectivity index (χ0v) is 19.2. The molecule has 172 valence electrons. The molecule has 2 heterocycles. The Bertz CT molecular complexity index is 1210. The third-order valence-corrected chi connectivity index (χ3v) is 7.22. The number of hydrogen-bond acceptors (Lipinski definition) is 6. The Morgan fingerprint density at radius 1 is 1.18 bits per heavy atom. The monoisotopic (exact) mass is 446 g/mol. The second-order valence-electron chi connectivity index (χ2n) is 9.36. The molecule has 0 unspecified atom stereocenters. The molecule has 1 aromatic carbocycles. The SMILES string of the molecule is COc1cc(-c2cnc3cccc(OC)n23)cc(OC[C@]2(N)CCC[C@@H]2CC2CC2)c1C#N. The molecule has 7 heteroatoms. The number of fused-ring (bicyclic) bond motifs is 1. The molecule has 2 fully saturated rings. The Kier molecular flexibility index (Phi) is 5.63. The summed E-state index contributed by atoms with van der Waals surface area (Å²) in [5, 5.41) is 9.86. The molecule has 2 atom stereocenters. The third-order valence-electron chi connectivity index (χ3n) is 7.22. The van der Waals surface area contributed by atoms with E-state index < -0.39 is 0 Å². The van der Waals surface area contributed by atoms with Crippen molar-refractivity contribution in [1.29, 1.82) is 5.26 Å². The summed E-state index contributed by atoms with van der Waals surface area (Å²) in [7, 11) is 3.19. The van der Waals surface area contributed by atoms with Crippen LogP contribution in [0, 0.1) is 23.2 Å². The van der Waals surface area contributed by atoms with Crippen molar-refractivity contribution >= 4 is 5.65 Å². The van der Waals surface area contributed by atoms with E-state index in [1.807, 2.05) is 34.7 Å². The molecule has 2 N–H and O–H groups in total. The Morgan fingerprint density at radius 3 is 2.73 bits per heavy atom. The minimum atomic E-state index is -0.356. The maximum absolute atomic E-state index is 9.86. The summed E-state index contributed by atoms with van der Waals surface area (Å²) in [6.45, 7) is 0.391. The lowest BCUT2D eigenvalue weighted by Crippen LogP contribution is -2.49. The highest BCUT2D eigenvalue weighted by Crippen LogP contribution is 2.45. The number of hydrogen-bond donors (Lipinski definition) is 1. The van der Waals surface area contributed by atoms with Gasteiger partial charge in [0.1, 0.15) is 35.4 Å². The minimum absolute atomic E-state index is 0.356. The van der Waals surface area contributed by atoms with Crippen molar-refractivity contribution in [2.75, 3.05) is 20.8 Å². The van der Waals surface area contributed by atoms with Crippen LogP contribution in [0.25, 0.3) is 16.9 Å². The fraction of sp³-hybridized carbons (Fsp3) is 0.462. The number of nitrogens with zero attached hydrogens (tertiary/aromatic N) is 3. The van der Waals surface area contributed by atoms with Crippen molar-refractivity contribution in [3.63, 3.8) is 0 Å². The first-order chi connectivity index (χ1) is 16.1. The van der Waals surface area contributed by atoms with Crippen molar-refractivity contribution in [3.8, 4) is 34.7 Å². The molecule has 33 heavy (non-hydrogen) atoms. The highest BCUT2D eigenvalue weighted by Gasteiger charge is 2.42. The molecule has 2 aliphatic carbocycles. The van der Waals surface area contributed by atoms with Crippen molar-refractivity contribution < 1.29 is 14.2 Å². The number of imidazole rings is 1. The first-order valence-electron chi connectivity index (χ1n) is 11.6. The normalized spacial score (nSPS) is 22.3. The highest BCUT2D eigenvalue weighted by atomic mass is 16.5. The van der Waals surface area contributed by atoms with Crippen LogP contribution < -0.4 is 19.9 Å². The number of nitriles is 1. The topological polar surface area (TPSA) is 94.8 Å². The maximum Gasteiger partial charge on any atom is 0.199 e. The molecular formula is C26H30N4O3. The number of methoxy groups -OCH3 is 2. The van der Waals surface area contributed by atoms with Crippen LogP contribution in [0.3, 0.4) is 0 Å². The van der Waals surface area contributed by atoms with Crippen molar-refractivity contribution in [2.24, 2.45) is 17.6 Å². The molecule has 7 nitrogen and oxygen atoms in total. The Balaban J connectivity index is 1.50. The summed E-state index contributed by atoms with van der Waals surface area (Å²) in [5.41, 5.74) is 9.30. The van der Waals surface area contributed by atoms with Gasteiger partial charge in [-0.2, -0.15) is 5.26 Å². The number of benzene rings is 1. The van der Waals surface area contributed by atoms with Gasteiger partial charge in [-0.15, -0.1) is 0 Å². The average Bonchev–Trinajstić information content (AvgIpc) is 3.43. The zero-order valence-electron chi connectivity index (χ0n) is 19.2. The van der Waals surface area contributed by atoms with E-state index in [1.165, 1.54) is 19.3 Å². The van der Waals surface area contributed by atoms with E-state index in [4.69, 9.17) is 19.9 Å². The predicted molar refractivity (Wildman–Crippen MR) is 126 cm³/mol. The first kappa shape index (κ1) is 21.6. The van der Waals surface area contributed by atoms with Gasteiger partial charge in [0, 0.05) is 5.56 Å². The van der Waals surface area contributed by atoms with Crippen LogP contribution in [0.5, 0.6) is 17.4 Å². The van der Waals surface area contributed by atoms with Crippen molar-refractivity contribution in [2.45, 2.75) is 44.1 Å². The van der Waals surface area contributed by atoms with E-state index in [9.17, 15) is 5.26 Å². The van der Waals surface area contributed by atoms with Crippen molar-refractivity contribution in [3.05, 3.63) is 42.1 Å². The summed E-state index contributed by atoms with van der Waals surface area (Å²) in [6.07, 6.45) is 8.88. The van der Waals surface area contributed by atoms with E-state index in [-0.39, 0.29) is 5.54 Å². The molecule has 5 rings (SSSR count). The third kappa shape index (κ3) is 4.00. The van der Waals surface area contributed by atoms with Gasteiger partial charge < -0.3 is 19.9 Å². The lowest BCUT2D eigenvalue weighted by molar-refractivity contribution is 0.168. The van der Waals surface area contributed by atoms with E-state index >= 15 is 0 Å².